The van der Waals surface area contributed by atoms with Crippen molar-refractivity contribution in [2.24, 2.45) is 0 Å². The average Bonchev–Trinajstić information content (AvgIpc) is 2.85. The number of rotatable bonds is 6. The van der Waals surface area contributed by atoms with Crippen molar-refractivity contribution in [2.75, 3.05) is 26.3 Å². The van der Waals surface area contributed by atoms with Crippen molar-refractivity contribution in [3.05, 3.63) is 17.0 Å². The minimum absolute atomic E-state index is 0.0133. The predicted octanol–water partition coefficient (Wildman–Crippen LogP) is 1.63. The van der Waals surface area contributed by atoms with Gasteiger partial charge in [0, 0.05) is 36.8 Å². The Balaban J connectivity index is 1.74. The van der Waals surface area contributed by atoms with E-state index >= 15 is 0 Å². The van der Waals surface area contributed by atoms with E-state index in [1.165, 1.54) is 0 Å². The van der Waals surface area contributed by atoms with Crippen LogP contribution in [0.5, 0.6) is 0 Å². The molecule has 7 nitrogen and oxygen atoms in total. The number of carbonyl (C=O) groups excluding carboxylic acids is 1. The van der Waals surface area contributed by atoms with Crippen LogP contribution in [0.15, 0.2) is 4.52 Å². The fraction of sp³-hybridized carbons (Fsp3) is 0.765. The second-order valence-electron chi connectivity index (χ2n) is 6.77. The fourth-order valence-electron chi connectivity index (χ4n) is 3.18. The summed E-state index contributed by atoms with van der Waals surface area (Å²) in [6, 6.07) is 0.547. The maximum atomic E-state index is 12.1. The van der Waals surface area contributed by atoms with Crippen LogP contribution in [0.4, 0.5) is 4.79 Å². The van der Waals surface area contributed by atoms with Crippen molar-refractivity contribution in [2.45, 2.75) is 59.2 Å². The highest BCUT2D eigenvalue weighted by atomic mass is 16.5. The molecule has 0 unspecified atom stereocenters. The molecule has 1 aliphatic heterocycles. The van der Waals surface area contributed by atoms with Gasteiger partial charge in [-0.15, -0.1) is 0 Å². The number of hydrogen-bond acceptors (Lipinski definition) is 5. The number of nitrogens with zero attached hydrogens (tertiary/aromatic N) is 2. The molecule has 0 aromatic carbocycles. The van der Waals surface area contributed by atoms with Gasteiger partial charge in [0.2, 0.25) is 0 Å². The lowest BCUT2D eigenvalue weighted by Gasteiger charge is -2.37. The smallest absolute Gasteiger partial charge is 0.315 e. The first-order valence-electron chi connectivity index (χ1n) is 8.68. The quantitative estimate of drug-likeness (QED) is 0.824. The molecular weight excluding hydrogens is 308 g/mol. The second kappa shape index (κ2) is 8.48. The summed E-state index contributed by atoms with van der Waals surface area (Å²) in [5.74, 6) is 0.816. The highest BCUT2D eigenvalue weighted by Crippen LogP contribution is 2.14. The minimum atomic E-state index is -0.137. The molecule has 1 aliphatic rings. The van der Waals surface area contributed by atoms with Gasteiger partial charge in [-0.3, -0.25) is 4.90 Å². The van der Waals surface area contributed by atoms with Crippen LogP contribution in [0.2, 0.25) is 0 Å². The molecule has 136 valence electrons. The van der Waals surface area contributed by atoms with Gasteiger partial charge < -0.3 is 19.9 Å². The Bertz CT molecular complexity index is 526. The normalized spacial score (nSPS) is 21.3. The van der Waals surface area contributed by atoms with Gasteiger partial charge in [0.25, 0.3) is 0 Å². The summed E-state index contributed by atoms with van der Waals surface area (Å²) in [6.45, 7) is 13.1. The van der Waals surface area contributed by atoms with Gasteiger partial charge in [0.1, 0.15) is 5.76 Å². The lowest BCUT2D eigenvalue weighted by Crippen LogP contribution is -2.53. The van der Waals surface area contributed by atoms with Crippen molar-refractivity contribution >= 4 is 6.03 Å². The summed E-state index contributed by atoms with van der Waals surface area (Å²) < 4.78 is 10.6. The van der Waals surface area contributed by atoms with Crippen LogP contribution in [0.25, 0.3) is 0 Å². The third kappa shape index (κ3) is 4.95. The Kier molecular flexibility index (Phi) is 6.62. The molecule has 3 atom stereocenters. The lowest BCUT2D eigenvalue weighted by atomic mass is 10.1. The predicted molar refractivity (Wildman–Crippen MR) is 92.1 cm³/mol. The summed E-state index contributed by atoms with van der Waals surface area (Å²) in [5.41, 5.74) is 1.95. The highest BCUT2D eigenvalue weighted by molar-refractivity contribution is 5.74. The number of carbonyl (C=O) groups is 1. The van der Waals surface area contributed by atoms with Crippen LogP contribution in [-0.2, 0) is 11.2 Å². The molecule has 1 aromatic heterocycles. The number of aromatic nitrogens is 1. The molecule has 0 saturated carbocycles. The van der Waals surface area contributed by atoms with Crippen LogP contribution < -0.4 is 10.6 Å². The first kappa shape index (κ1) is 18.7. The third-order valence-electron chi connectivity index (χ3n) is 4.61. The van der Waals surface area contributed by atoms with Crippen LogP contribution in [0.1, 0.15) is 37.8 Å². The van der Waals surface area contributed by atoms with E-state index in [9.17, 15) is 4.79 Å². The second-order valence-corrected chi connectivity index (χ2v) is 6.77. The van der Waals surface area contributed by atoms with Crippen LogP contribution >= 0.6 is 0 Å². The SMILES string of the molecule is Cc1noc(C)c1C[C@H](C)NC(=O)NC[C@H](C)N1CCOC[C@H]1C. The number of hydrogen-bond donors (Lipinski definition) is 2. The zero-order valence-electron chi connectivity index (χ0n) is 15.4. The first-order chi connectivity index (χ1) is 11.4. The van der Waals surface area contributed by atoms with E-state index in [-0.39, 0.29) is 18.1 Å². The monoisotopic (exact) mass is 338 g/mol. The zero-order chi connectivity index (χ0) is 17.7. The molecule has 1 aromatic rings. The maximum Gasteiger partial charge on any atom is 0.315 e. The summed E-state index contributed by atoms with van der Waals surface area (Å²) in [5, 5.41) is 9.90. The number of aryl methyl sites for hydroxylation is 2. The summed E-state index contributed by atoms with van der Waals surface area (Å²) >= 11 is 0. The van der Waals surface area contributed by atoms with E-state index < -0.39 is 0 Å². The van der Waals surface area contributed by atoms with Gasteiger partial charge in [0.15, 0.2) is 0 Å². The van der Waals surface area contributed by atoms with Crippen LogP contribution in [-0.4, -0.2) is 60.5 Å². The molecule has 0 aliphatic carbocycles. The van der Waals surface area contributed by atoms with Gasteiger partial charge in [-0.05, 0) is 41.0 Å². The lowest BCUT2D eigenvalue weighted by molar-refractivity contribution is -0.0176. The van der Waals surface area contributed by atoms with Crippen molar-refractivity contribution in [1.82, 2.24) is 20.7 Å². The molecule has 0 spiro atoms. The van der Waals surface area contributed by atoms with E-state index in [4.69, 9.17) is 9.26 Å². The van der Waals surface area contributed by atoms with Gasteiger partial charge >= 0.3 is 6.03 Å². The topological polar surface area (TPSA) is 79.6 Å². The first-order valence-corrected chi connectivity index (χ1v) is 8.68. The van der Waals surface area contributed by atoms with Gasteiger partial charge in [-0.25, -0.2) is 4.79 Å². The van der Waals surface area contributed by atoms with E-state index in [1.807, 2.05) is 20.8 Å². The van der Waals surface area contributed by atoms with Crippen LogP contribution in [0, 0.1) is 13.8 Å². The molecule has 2 heterocycles. The number of urea groups is 1. The van der Waals surface area contributed by atoms with E-state index in [1.54, 1.807) is 0 Å². The van der Waals surface area contributed by atoms with Crippen molar-refractivity contribution in [1.29, 1.82) is 0 Å². The molecule has 0 radical (unpaired) electrons. The Labute approximate surface area is 144 Å². The number of ether oxygens (including phenoxy) is 1. The number of nitrogens with one attached hydrogen (secondary N) is 2. The maximum absolute atomic E-state index is 12.1. The standard InChI is InChI=1S/C17H30N4O3/c1-11(8-16-14(4)20-24-15(16)5)19-17(22)18-9-12(2)21-6-7-23-10-13(21)3/h11-13H,6-10H2,1-5H3,(H2,18,19,22)/t11-,12-,13+/m0/s1. The van der Waals surface area contributed by atoms with Gasteiger partial charge in [-0.2, -0.15) is 0 Å². The molecule has 1 saturated heterocycles. The molecule has 2 rings (SSSR count). The number of morpholine rings is 1. The molecule has 7 heteroatoms. The van der Waals surface area contributed by atoms with Crippen molar-refractivity contribution < 1.29 is 14.1 Å². The minimum Gasteiger partial charge on any atom is -0.379 e. The largest absolute Gasteiger partial charge is 0.379 e. The Morgan fingerprint density at radius 1 is 1.42 bits per heavy atom. The molecule has 0 bridgehead atoms. The molecule has 24 heavy (non-hydrogen) atoms. The Morgan fingerprint density at radius 2 is 2.17 bits per heavy atom. The summed E-state index contributed by atoms with van der Waals surface area (Å²) in [7, 11) is 0. The molecule has 2 N–H and O–H groups in total. The number of amides is 2. The van der Waals surface area contributed by atoms with Crippen LogP contribution in [0.3, 0.4) is 0 Å². The van der Waals surface area contributed by atoms with Crippen molar-refractivity contribution in [3.8, 4) is 0 Å². The summed E-state index contributed by atoms with van der Waals surface area (Å²) in [4.78, 5) is 14.5. The average molecular weight is 338 g/mol. The molecule has 1 fully saturated rings. The molecule has 2 amide bonds. The van der Waals surface area contributed by atoms with E-state index in [0.29, 0.717) is 19.0 Å². The van der Waals surface area contributed by atoms with Crippen molar-refractivity contribution in [3.63, 3.8) is 0 Å². The summed E-state index contributed by atoms with van der Waals surface area (Å²) in [6.07, 6.45) is 0.713. The molecular formula is C17H30N4O3. The van der Waals surface area contributed by atoms with Gasteiger partial charge in [-0.1, -0.05) is 5.16 Å². The van der Waals surface area contributed by atoms with Gasteiger partial charge in [0.05, 0.1) is 18.9 Å². The Morgan fingerprint density at radius 3 is 2.79 bits per heavy atom. The van der Waals surface area contributed by atoms with E-state index in [0.717, 1.165) is 36.8 Å². The third-order valence-corrected chi connectivity index (χ3v) is 4.61. The highest BCUT2D eigenvalue weighted by Gasteiger charge is 2.24. The fourth-order valence-corrected chi connectivity index (χ4v) is 3.18. The zero-order valence-corrected chi connectivity index (χ0v) is 15.4. The Hall–Kier alpha value is -1.60. The van der Waals surface area contributed by atoms with E-state index in [2.05, 4.69) is 34.5 Å².